The molecule has 0 aromatic carbocycles. The van der Waals surface area contributed by atoms with Crippen LogP contribution in [0.4, 0.5) is 0 Å². The Bertz CT molecular complexity index is 208. The van der Waals surface area contributed by atoms with Crippen molar-refractivity contribution in [3.8, 4) is 0 Å². The molecule has 0 amide bonds. The van der Waals surface area contributed by atoms with Crippen LogP contribution in [0.3, 0.4) is 0 Å². The second kappa shape index (κ2) is 5.74. The maximum atomic E-state index is 3.41. The van der Waals surface area contributed by atoms with Crippen LogP contribution in [0.1, 0.15) is 32.1 Å². The molecule has 94 valence electrons. The van der Waals surface area contributed by atoms with Gasteiger partial charge in [0.1, 0.15) is 0 Å². The van der Waals surface area contributed by atoms with E-state index in [-0.39, 0.29) is 0 Å². The fourth-order valence-corrected chi connectivity index (χ4v) is 4.72. The Labute approximate surface area is 105 Å². The zero-order valence-corrected chi connectivity index (χ0v) is 11.6. The molecule has 1 atom stereocenters. The Kier molecular flexibility index (Phi) is 4.57. The van der Waals surface area contributed by atoms with Crippen molar-refractivity contribution < 1.29 is 0 Å². The molecule has 1 heterocycles. The second-order valence-electron chi connectivity index (χ2n) is 5.67. The molecule has 1 saturated heterocycles. The Morgan fingerprint density at radius 3 is 2.69 bits per heavy atom. The van der Waals surface area contributed by atoms with E-state index in [2.05, 4.69) is 36.1 Å². The van der Waals surface area contributed by atoms with Crippen molar-refractivity contribution in [1.29, 1.82) is 0 Å². The lowest BCUT2D eigenvalue weighted by Gasteiger charge is -2.36. The molecule has 0 aromatic heterocycles. The molecule has 2 aliphatic rings. The van der Waals surface area contributed by atoms with Gasteiger partial charge < -0.3 is 10.2 Å². The van der Waals surface area contributed by atoms with Crippen molar-refractivity contribution >= 4 is 11.8 Å². The number of hydrogen-bond donors (Lipinski definition) is 1. The van der Waals surface area contributed by atoms with Crippen molar-refractivity contribution in [1.82, 2.24) is 10.2 Å². The van der Waals surface area contributed by atoms with Gasteiger partial charge in [-0.25, -0.2) is 0 Å². The lowest BCUT2D eigenvalue weighted by molar-refractivity contribution is 0.145. The molecule has 1 saturated carbocycles. The molecular formula is C13H26N2S. The van der Waals surface area contributed by atoms with E-state index in [4.69, 9.17) is 0 Å². The van der Waals surface area contributed by atoms with Crippen molar-refractivity contribution in [2.45, 2.75) is 38.1 Å². The first-order valence-corrected chi connectivity index (χ1v) is 7.84. The number of hydrogen-bond acceptors (Lipinski definition) is 3. The van der Waals surface area contributed by atoms with E-state index in [9.17, 15) is 0 Å². The van der Waals surface area contributed by atoms with Gasteiger partial charge in [-0.05, 0) is 44.5 Å². The Balaban J connectivity index is 1.89. The fraction of sp³-hybridized carbons (Fsp3) is 1.00. The average molecular weight is 242 g/mol. The van der Waals surface area contributed by atoms with E-state index in [1.54, 1.807) is 0 Å². The summed E-state index contributed by atoms with van der Waals surface area (Å²) in [5, 5.41) is 3.41. The van der Waals surface area contributed by atoms with Crippen LogP contribution in [-0.2, 0) is 0 Å². The third kappa shape index (κ3) is 2.93. The first kappa shape index (κ1) is 12.7. The summed E-state index contributed by atoms with van der Waals surface area (Å²) in [6.07, 6.45) is 7.14. The summed E-state index contributed by atoms with van der Waals surface area (Å²) >= 11 is 2.12. The van der Waals surface area contributed by atoms with Crippen molar-refractivity contribution in [2.75, 3.05) is 38.7 Å². The molecule has 0 aromatic rings. The van der Waals surface area contributed by atoms with E-state index < -0.39 is 0 Å². The van der Waals surface area contributed by atoms with Gasteiger partial charge in [0.2, 0.25) is 0 Å². The lowest BCUT2D eigenvalue weighted by atomic mass is 9.85. The molecule has 0 bridgehead atoms. The van der Waals surface area contributed by atoms with E-state index in [1.807, 2.05) is 0 Å². The summed E-state index contributed by atoms with van der Waals surface area (Å²) in [6.45, 7) is 2.51. The van der Waals surface area contributed by atoms with E-state index in [0.717, 1.165) is 6.04 Å². The van der Waals surface area contributed by atoms with Crippen LogP contribution < -0.4 is 5.32 Å². The summed E-state index contributed by atoms with van der Waals surface area (Å²) in [5.74, 6) is 2.72. The number of rotatable bonds is 5. The first-order chi connectivity index (χ1) is 7.76. The van der Waals surface area contributed by atoms with Crippen LogP contribution >= 0.6 is 11.8 Å². The van der Waals surface area contributed by atoms with Crippen molar-refractivity contribution in [3.05, 3.63) is 0 Å². The molecule has 1 aliphatic heterocycles. The number of thioether (sulfide) groups is 1. The summed E-state index contributed by atoms with van der Waals surface area (Å²) in [7, 11) is 4.44. The van der Waals surface area contributed by atoms with E-state index in [1.165, 1.54) is 56.7 Å². The third-order valence-electron chi connectivity index (χ3n) is 4.33. The third-order valence-corrected chi connectivity index (χ3v) is 5.47. The summed E-state index contributed by atoms with van der Waals surface area (Å²) in [6, 6.07) is 0.847. The summed E-state index contributed by atoms with van der Waals surface area (Å²) in [4.78, 5) is 2.64. The lowest BCUT2D eigenvalue weighted by Crippen LogP contribution is -2.44. The van der Waals surface area contributed by atoms with Crippen LogP contribution in [0.25, 0.3) is 0 Å². The molecule has 1 unspecified atom stereocenters. The number of nitrogens with one attached hydrogen (secondary N) is 1. The van der Waals surface area contributed by atoms with Gasteiger partial charge in [0.05, 0.1) is 0 Å². The fourth-order valence-electron chi connectivity index (χ4n) is 3.42. The SMILES string of the molecule is CNCC1(CN(C)C2CCSC2)CCCC1. The molecule has 2 rings (SSSR count). The minimum absolute atomic E-state index is 0.580. The minimum Gasteiger partial charge on any atom is -0.319 e. The second-order valence-corrected chi connectivity index (χ2v) is 6.82. The van der Waals surface area contributed by atoms with E-state index in [0.29, 0.717) is 5.41 Å². The molecule has 1 aliphatic carbocycles. The highest BCUT2D eigenvalue weighted by Gasteiger charge is 2.35. The molecule has 16 heavy (non-hydrogen) atoms. The zero-order valence-electron chi connectivity index (χ0n) is 10.8. The smallest absolute Gasteiger partial charge is 0.0191 e. The van der Waals surface area contributed by atoms with Crippen LogP contribution in [0.5, 0.6) is 0 Å². The molecule has 2 nitrogen and oxygen atoms in total. The highest BCUT2D eigenvalue weighted by atomic mass is 32.2. The van der Waals surface area contributed by atoms with Gasteiger partial charge in [-0.3, -0.25) is 0 Å². The highest BCUT2D eigenvalue weighted by molar-refractivity contribution is 7.99. The molecule has 0 radical (unpaired) electrons. The van der Waals surface area contributed by atoms with Gasteiger partial charge >= 0.3 is 0 Å². The quantitative estimate of drug-likeness (QED) is 0.796. The maximum Gasteiger partial charge on any atom is 0.0191 e. The van der Waals surface area contributed by atoms with Gasteiger partial charge in [0.15, 0.2) is 0 Å². The molecular weight excluding hydrogens is 216 g/mol. The van der Waals surface area contributed by atoms with E-state index >= 15 is 0 Å². The first-order valence-electron chi connectivity index (χ1n) is 6.68. The monoisotopic (exact) mass is 242 g/mol. The Morgan fingerprint density at radius 1 is 1.38 bits per heavy atom. The Hall–Kier alpha value is 0.270. The predicted molar refractivity (Wildman–Crippen MR) is 73.2 cm³/mol. The molecule has 0 spiro atoms. The van der Waals surface area contributed by atoms with Crippen LogP contribution in [0.2, 0.25) is 0 Å². The highest BCUT2D eigenvalue weighted by Crippen LogP contribution is 2.39. The van der Waals surface area contributed by atoms with Gasteiger partial charge in [0, 0.05) is 24.9 Å². The van der Waals surface area contributed by atoms with Gasteiger partial charge in [-0.1, -0.05) is 12.8 Å². The Morgan fingerprint density at radius 2 is 2.12 bits per heavy atom. The minimum atomic E-state index is 0.580. The number of nitrogens with zero attached hydrogens (tertiary/aromatic N) is 1. The normalized spacial score (nSPS) is 29.1. The van der Waals surface area contributed by atoms with Crippen molar-refractivity contribution in [3.63, 3.8) is 0 Å². The standard InChI is InChI=1S/C13H26N2S/c1-14-10-13(6-3-4-7-13)11-15(2)12-5-8-16-9-12/h12,14H,3-11H2,1-2H3. The van der Waals surface area contributed by atoms with Gasteiger partial charge in [-0.2, -0.15) is 11.8 Å². The average Bonchev–Trinajstić information content (AvgIpc) is 2.88. The maximum absolute atomic E-state index is 3.41. The molecule has 1 N–H and O–H groups in total. The van der Waals surface area contributed by atoms with Gasteiger partial charge in [0.25, 0.3) is 0 Å². The van der Waals surface area contributed by atoms with Crippen LogP contribution in [-0.4, -0.2) is 49.6 Å². The zero-order chi connectivity index (χ0) is 11.4. The van der Waals surface area contributed by atoms with Crippen molar-refractivity contribution in [2.24, 2.45) is 5.41 Å². The van der Waals surface area contributed by atoms with Crippen LogP contribution in [0, 0.1) is 5.41 Å². The predicted octanol–water partition coefficient (Wildman–Crippen LogP) is 2.20. The summed E-state index contributed by atoms with van der Waals surface area (Å²) < 4.78 is 0. The summed E-state index contributed by atoms with van der Waals surface area (Å²) in [5.41, 5.74) is 0.580. The topological polar surface area (TPSA) is 15.3 Å². The molecule has 2 fully saturated rings. The molecule has 3 heteroatoms. The van der Waals surface area contributed by atoms with Crippen LogP contribution in [0.15, 0.2) is 0 Å². The largest absolute Gasteiger partial charge is 0.319 e. The van der Waals surface area contributed by atoms with Gasteiger partial charge in [-0.15, -0.1) is 0 Å².